The van der Waals surface area contributed by atoms with Crippen molar-refractivity contribution in [3.63, 3.8) is 0 Å². The van der Waals surface area contributed by atoms with Crippen molar-refractivity contribution in [2.24, 2.45) is 0 Å². The average molecular weight is 457 g/mol. The van der Waals surface area contributed by atoms with Crippen LogP contribution in [0.3, 0.4) is 0 Å². The Hall–Kier alpha value is -2.40. The first-order valence-corrected chi connectivity index (χ1v) is 12.0. The van der Waals surface area contributed by atoms with Gasteiger partial charge in [-0.05, 0) is 26.0 Å². The minimum atomic E-state index is -4.04. The van der Waals surface area contributed by atoms with E-state index in [1.165, 1.54) is 11.1 Å². The third-order valence-electron chi connectivity index (χ3n) is 3.27. The summed E-state index contributed by atoms with van der Waals surface area (Å²) in [4.78, 5) is 0. The van der Waals surface area contributed by atoms with E-state index in [-0.39, 0.29) is 0 Å². The van der Waals surface area contributed by atoms with Crippen molar-refractivity contribution in [1.29, 1.82) is 0 Å². The van der Waals surface area contributed by atoms with E-state index in [2.05, 4.69) is 85.2 Å². The third kappa shape index (κ3) is 16.5. The molecular formula is C20H28N2O6S2. The molecule has 0 bridgehead atoms. The quantitative estimate of drug-likeness (QED) is 0.348. The van der Waals surface area contributed by atoms with Crippen LogP contribution in [0.4, 0.5) is 0 Å². The molecular weight excluding hydrogens is 428 g/mol. The standard InChI is InChI=1S/C14H18N2.2C3H6O3S/c1-13-5-3-7-15(11-13)9-10-16-8-4-6-14(2)12-16;2*1-2-3-7(4,5)6/h3-8,11-12H,9-10H2,1-2H3;2*2H,1,3H2,(H,4,5,6)/q+2;;/p-2. The maximum atomic E-state index is 9.60. The van der Waals surface area contributed by atoms with Crippen molar-refractivity contribution in [1.82, 2.24) is 0 Å². The van der Waals surface area contributed by atoms with Crippen molar-refractivity contribution >= 4 is 20.2 Å². The van der Waals surface area contributed by atoms with Crippen molar-refractivity contribution < 1.29 is 35.1 Å². The first-order valence-electron chi connectivity index (χ1n) is 8.86. The van der Waals surface area contributed by atoms with Crippen LogP contribution in [-0.4, -0.2) is 37.4 Å². The molecule has 0 fully saturated rings. The monoisotopic (exact) mass is 456 g/mol. The first kappa shape index (κ1) is 27.6. The van der Waals surface area contributed by atoms with Gasteiger partial charge in [0.25, 0.3) is 0 Å². The fraction of sp³-hybridized carbons (Fsp3) is 0.300. The van der Waals surface area contributed by atoms with E-state index in [9.17, 15) is 25.9 Å². The number of nitrogens with zero attached hydrogens (tertiary/aromatic N) is 2. The Morgan fingerprint density at radius 1 is 0.800 bits per heavy atom. The van der Waals surface area contributed by atoms with Gasteiger partial charge >= 0.3 is 0 Å². The molecule has 30 heavy (non-hydrogen) atoms. The van der Waals surface area contributed by atoms with Crippen LogP contribution in [0.5, 0.6) is 0 Å². The predicted octanol–water partition coefficient (Wildman–Crippen LogP) is 1.01. The zero-order valence-corrected chi connectivity index (χ0v) is 18.8. The van der Waals surface area contributed by atoms with Crippen molar-refractivity contribution in [2.45, 2.75) is 26.9 Å². The summed E-state index contributed by atoms with van der Waals surface area (Å²) in [6, 6.07) is 8.43. The molecule has 0 unspecified atom stereocenters. The number of aromatic nitrogens is 2. The minimum Gasteiger partial charge on any atom is -0.748 e. The molecule has 8 nitrogen and oxygen atoms in total. The zero-order valence-electron chi connectivity index (χ0n) is 17.2. The first-order chi connectivity index (χ1) is 13.9. The highest BCUT2D eigenvalue weighted by Crippen LogP contribution is 1.91. The van der Waals surface area contributed by atoms with Crippen molar-refractivity contribution in [3.8, 4) is 0 Å². The van der Waals surface area contributed by atoms with Crippen LogP contribution in [-0.2, 0) is 33.3 Å². The molecule has 2 aromatic heterocycles. The molecule has 0 amide bonds. The van der Waals surface area contributed by atoms with Gasteiger partial charge in [0, 0.05) is 23.3 Å². The van der Waals surface area contributed by atoms with Gasteiger partial charge in [0.1, 0.15) is 0 Å². The Balaban J connectivity index is 0.000000503. The smallest absolute Gasteiger partial charge is 0.206 e. The van der Waals surface area contributed by atoms with Gasteiger partial charge in [-0.3, -0.25) is 0 Å². The Kier molecular flexibility index (Phi) is 12.7. The molecule has 0 spiro atoms. The van der Waals surface area contributed by atoms with Crippen molar-refractivity contribution in [2.75, 3.05) is 11.5 Å². The number of aryl methyl sites for hydroxylation is 4. The second-order valence-electron chi connectivity index (χ2n) is 6.26. The van der Waals surface area contributed by atoms with E-state index in [4.69, 9.17) is 0 Å². The van der Waals surface area contributed by atoms with E-state index in [0.29, 0.717) is 0 Å². The highest BCUT2D eigenvalue weighted by atomic mass is 32.2. The normalized spacial score (nSPS) is 10.7. The summed E-state index contributed by atoms with van der Waals surface area (Å²) in [7, 11) is -8.08. The Morgan fingerprint density at radius 2 is 1.13 bits per heavy atom. The van der Waals surface area contributed by atoms with E-state index >= 15 is 0 Å². The maximum absolute atomic E-state index is 9.60. The second kappa shape index (κ2) is 13.8. The van der Waals surface area contributed by atoms with E-state index in [1.807, 2.05) is 0 Å². The molecule has 0 saturated carbocycles. The van der Waals surface area contributed by atoms with Gasteiger partial charge in [0.2, 0.25) is 13.1 Å². The molecule has 2 aromatic rings. The Bertz CT molecular complexity index is 936. The topological polar surface area (TPSA) is 122 Å². The van der Waals surface area contributed by atoms with E-state index in [0.717, 1.165) is 25.2 Å². The molecule has 0 N–H and O–H groups in total. The molecule has 0 radical (unpaired) electrons. The van der Waals surface area contributed by atoms with Gasteiger partial charge in [0.15, 0.2) is 24.8 Å². The number of hydrogen-bond donors (Lipinski definition) is 0. The average Bonchev–Trinajstić information content (AvgIpc) is 2.59. The lowest BCUT2D eigenvalue weighted by atomic mass is 10.3. The van der Waals surface area contributed by atoms with Crippen LogP contribution in [0.1, 0.15) is 11.1 Å². The summed E-state index contributed by atoms with van der Waals surface area (Å²) in [6.45, 7) is 12.4. The van der Waals surface area contributed by atoms with Gasteiger partial charge in [-0.2, -0.15) is 9.13 Å². The van der Waals surface area contributed by atoms with Gasteiger partial charge in [-0.1, -0.05) is 12.2 Å². The van der Waals surface area contributed by atoms with Crippen LogP contribution in [0.2, 0.25) is 0 Å². The Labute approximate surface area is 179 Å². The fourth-order valence-electron chi connectivity index (χ4n) is 2.10. The summed E-state index contributed by atoms with van der Waals surface area (Å²) in [5.41, 5.74) is 2.61. The number of hydrogen-bond acceptors (Lipinski definition) is 6. The summed E-state index contributed by atoms with van der Waals surface area (Å²) in [5.74, 6) is -0.958. The predicted molar refractivity (Wildman–Crippen MR) is 112 cm³/mol. The number of rotatable bonds is 7. The van der Waals surface area contributed by atoms with Crippen LogP contribution in [0, 0.1) is 13.8 Å². The summed E-state index contributed by atoms with van der Waals surface area (Å²) >= 11 is 0. The molecule has 0 aliphatic rings. The van der Waals surface area contributed by atoms with Gasteiger partial charge in [0.05, 0.1) is 31.7 Å². The Morgan fingerprint density at radius 3 is 1.33 bits per heavy atom. The minimum absolute atomic E-state index is 0.479. The number of pyridine rings is 2. The molecule has 0 aliphatic heterocycles. The van der Waals surface area contributed by atoms with Gasteiger partial charge < -0.3 is 9.11 Å². The SMILES string of the molecule is C=CCS(=O)(=O)[O-].C=CCS(=O)(=O)[O-].Cc1ccc[n+](CC[n+]2cccc(C)c2)c1. The molecule has 0 atom stereocenters. The fourth-order valence-corrected chi connectivity index (χ4v) is 2.68. The third-order valence-corrected chi connectivity index (χ3v) is 4.56. The van der Waals surface area contributed by atoms with Crippen LogP contribution in [0.25, 0.3) is 0 Å². The maximum Gasteiger partial charge on any atom is 0.206 e. The zero-order chi connectivity index (χ0) is 23.2. The molecule has 0 aliphatic carbocycles. The summed E-state index contributed by atoms with van der Waals surface area (Å²) in [6.07, 6.45) is 10.7. The molecule has 10 heteroatoms. The van der Waals surface area contributed by atoms with Crippen LogP contribution in [0.15, 0.2) is 74.4 Å². The summed E-state index contributed by atoms with van der Waals surface area (Å²) < 4.78 is 62.1. The second-order valence-corrected chi connectivity index (χ2v) is 9.16. The molecule has 0 aromatic carbocycles. The highest BCUT2D eigenvalue weighted by molar-refractivity contribution is 7.86. The molecule has 2 rings (SSSR count). The molecule has 166 valence electrons. The van der Waals surface area contributed by atoms with E-state index in [1.54, 1.807) is 0 Å². The highest BCUT2D eigenvalue weighted by Gasteiger charge is 2.05. The lowest BCUT2D eigenvalue weighted by Gasteiger charge is -1.98. The van der Waals surface area contributed by atoms with Gasteiger partial charge in [-0.25, -0.2) is 16.8 Å². The van der Waals surface area contributed by atoms with Crippen LogP contribution >= 0.6 is 0 Å². The van der Waals surface area contributed by atoms with E-state index < -0.39 is 31.7 Å². The lowest BCUT2D eigenvalue weighted by molar-refractivity contribution is -0.778. The van der Waals surface area contributed by atoms with Gasteiger partial charge in [-0.15, -0.1) is 13.2 Å². The largest absolute Gasteiger partial charge is 0.748 e. The summed E-state index contributed by atoms with van der Waals surface area (Å²) in [5, 5.41) is 0. The molecule has 0 saturated heterocycles. The van der Waals surface area contributed by atoms with Crippen molar-refractivity contribution in [3.05, 3.63) is 85.5 Å². The molecule has 2 heterocycles. The lowest BCUT2D eigenvalue weighted by Crippen LogP contribution is -2.44. The van der Waals surface area contributed by atoms with Crippen LogP contribution < -0.4 is 9.13 Å².